The fourth-order valence-electron chi connectivity index (χ4n) is 3.39. The monoisotopic (exact) mass is 475 g/mol. The third kappa shape index (κ3) is 4.84. The third-order valence-electron chi connectivity index (χ3n) is 5.20. The molecular formula is C23H29N3O4S2. The van der Waals surface area contributed by atoms with E-state index in [1.54, 1.807) is 25.2 Å². The number of sulfone groups is 1. The summed E-state index contributed by atoms with van der Waals surface area (Å²) in [5.41, 5.74) is 2.65. The number of nitrogens with one attached hydrogen (secondary N) is 1. The second-order valence-electron chi connectivity index (χ2n) is 9.07. The van der Waals surface area contributed by atoms with Gasteiger partial charge in [-0.3, -0.25) is 9.36 Å². The molecule has 0 aliphatic heterocycles. The first kappa shape index (κ1) is 24.3. The van der Waals surface area contributed by atoms with Crippen molar-refractivity contribution in [2.45, 2.75) is 50.3 Å². The van der Waals surface area contributed by atoms with E-state index in [1.807, 2.05) is 40.7 Å². The fourth-order valence-corrected chi connectivity index (χ4v) is 4.82. The van der Waals surface area contributed by atoms with Gasteiger partial charge in [0, 0.05) is 24.9 Å². The first-order valence-electron chi connectivity index (χ1n) is 10.2. The summed E-state index contributed by atoms with van der Waals surface area (Å²) in [6.07, 6.45) is 1.15. The maximum absolute atomic E-state index is 13.2. The lowest BCUT2D eigenvalue weighted by Gasteiger charge is -2.23. The standard InChI is InChI=1S/C23H29N3O4S2/c1-14-12-18(15(2)25-31(28)23(3,4)5)20-19(13-14)22(27)26(6)21(24-20)16-8-10-17(11-9-16)32(7,29)30/h8-13,15,25H,1-7H3/t15-,31?/m1/s1. The summed E-state index contributed by atoms with van der Waals surface area (Å²) < 4.78 is 40.4. The average Bonchev–Trinajstić information content (AvgIpc) is 2.69. The normalized spacial score (nSPS) is 14.5. The van der Waals surface area contributed by atoms with Crippen LogP contribution in [0, 0.1) is 6.92 Å². The van der Waals surface area contributed by atoms with Crippen molar-refractivity contribution < 1.29 is 12.6 Å². The van der Waals surface area contributed by atoms with Crippen molar-refractivity contribution in [1.82, 2.24) is 14.3 Å². The van der Waals surface area contributed by atoms with E-state index in [0.717, 1.165) is 17.4 Å². The predicted molar refractivity (Wildman–Crippen MR) is 130 cm³/mol. The van der Waals surface area contributed by atoms with Crippen LogP contribution in [0.25, 0.3) is 22.3 Å². The maximum Gasteiger partial charge on any atom is 0.261 e. The first-order valence-corrected chi connectivity index (χ1v) is 13.2. The molecule has 1 aromatic heterocycles. The molecule has 9 heteroatoms. The van der Waals surface area contributed by atoms with Gasteiger partial charge in [-0.05, 0) is 76.1 Å². The summed E-state index contributed by atoms with van der Waals surface area (Å²) in [6.45, 7) is 9.49. The molecule has 7 nitrogen and oxygen atoms in total. The van der Waals surface area contributed by atoms with Crippen LogP contribution < -0.4 is 10.3 Å². The van der Waals surface area contributed by atoms with Gasteiger partial charge in [-0.2, -0.15) is 0 Å². The van der Waals surface area contributed by atoms with Crippen LogP contribution in [0.2, 0.25) is 0 Å². The molecule has 0 spiro atoms. The Morgan fingerprint density at radius 3 is 2.25 bits per heavy atom. The van der Waals surface area contributed by atoms with Crippen LogP contribution in [0.15, 0.2) is 46.1 Å². The van der Waals surface area contributed by atoms with Crippen LogP contribution in [0.3, 0.4) is 0 Å². The minimum Gasteiger partial charge on any atom is -0.295 e. The number of aryl methyl sites for hydroxylation is 1. The van der Waals surface area contributed by atoms with Gasteiger partial charge in [0.25, 0.3) is 5.56 Å². The zero-order chi connectivity index (χ0) is 24.0. The van der Waals surface area contributed by atoms with Gasteiger partial charge in [0.2, 0.25) is 0 Å². The van der Waals surface area contributed by atoms with Crippen LogP contribution in [0.4, 0.5) is 0 Å². The Kier molecular flexibility index (Phi) is 6.48. The summed E-state index contributed by atoms with van der Waals surface area (Å²) in [5.74, 6) is 0.428. The van der Waals surface area contributed by atoms with Crippen LogP contribution in [0.5, 0.6) is 0 Å². The van der Waals surface area contributed by atoms with Crippen molar-refractivity contribution in [2.24, 2.45) is 7.05 Å². The Morgan fingerprint density at radius 2 is 1.72 bits per heavy atom. The number of aromatic nitrogens is 2. The quantitative estimate of drug-likeness (QED) is 0.610. The molecule has 0 aliphatic carbocycles. The Bertz CT molecular complexity index is 1370. The molecule has 32 heavy (non-hydrogen) atoms. The molecule has 172 valence electrons. The molecule has 2 atom stereocenters. The largest absolute Gasteiger partial charge is 0.295 e. The van der Waals surface area contributed by atoms with Crippen molar-refractivity contribution in [3.63, 3.8) is 0 Å². The second-order valence-corrected chi connectivity index (χ2v) is 13.1. The van der Waals surface area contributed by atoms with Gasteiger partial charge in [-0.1, -0.05) is 6.07 Å². The van der Waals surface area contributed by atoms with E-state index in [9.17, 15) is 17.4 Å². The number of nitrogens with zero attached hydrogens (tertiary/aromatic N) is 2. The van der Waals surface area contributed by atoms with Crippen LogP contribution >= 0.6 is 0 Å². The molecule has 2 aromatic carbocycles. The molecule has 0 radical (unpaired) electrons. The SMILES string of the molecule is Cc1cc([C@@H](C)NS(=O)C(C)(C)C)c2nc(-c3ccc(S(C)(=O)=O)cc3)n(C)c(=O)c2c1. The lowest BCUT2D eigenvalue weighted by Crippen LogP contribution is -2.35. The molecule has 0 amide bonds. The Hall–Kier alpha value is -2.36. The number of benzene rings is 2. The minimum atomic E-state index is -3.33. The summed E-state index contributed by atoms with van der Waals surface area (Å²) >= 11 is 0. The Morgan fingerprint density at radius 1 is 1.12 bits per heavy atom. The molecule has 1 unspecified atom stereocenters. The number of rotatable bonds is 5. The van der Waals surface area contributed by atoms with Crippen molar-refractivity contribution >= 4 is 31.7 Å². The van der Waals surface area contributed by atoms with Gasteiger partial charge in [-0.15, -0.1) is 0 Å². The smallest absolute Gasteiger partial charge is 0.261 e. The summed E-state index contributed by atoms with van der Waals surface area (Å²) in [7, 11) is -2.98. The van der Waals surface area contributed by atoms with Crippen molar-refractivity contribution in [2.75, 3.05) is 6.26 Å². The first-order chi connectivity index (χ1) is 14.7. The van der Waals surface area contributed by atoms with Crippen molar-refractivity contribution in [1.29, 1.82) is 0 Å². The average molecular weight is 476 g/mol. The van der Waals surface area contributed by atoms with E-state index >= 15 is 0 Å². The highest BCUT2D eigenvalue weighted by molar-refractivity contribution is 7.90. The fraction of sp³-hybridized carbons (Fsp3) is 0.391. The van der Waals surface area contributed by atoms with E-state index in [-0.39, 0.29) is 16.5 Å². The molecule has 0 aliphatic rings. The molecule has 1 N–H and O–H groups in total. The van der Waals surface area contributed by atoms with Gasteiger partial charge in [0.05, 0.1) is 31.5 Å². The van der Waals surface area contributed by atoms with Gasteiger partial charge in [-0.25, -0.2) is 22.3 Å². The summed E-state index contributed by atoms with van der Waals surface area (Å²) in [4.78, 5) is 18.2. The lowest BCUT2D eigenvalue weighted by atomic mass is 10.0. The summed E-state index contributed by atoms with van der Waals surface area (Å²) in [6, 6.07) is 9.75. The van der Waals surface area contributed by atoms with Gasteiger partial charge in [0.15, 0.2) is 9.84 Å². The van der Waals surface area contributed by atoms with Gasteiger partial charge >= 0.3 is 0 Å². The van der Waals surface area contributed by atoms with Crippen LogP contribution in [-0.2, 0) is 27.9 Å². The van der Waals surface area contributed by atoms with E-state index in [1.165, 1.54) is 16.7 Å². The highest BCUT2D eigenvalue weighted by atomic mass is 32.2. The number of hydrogen-bond acceptors (Lipinski definition) is 5. The van der Waals surface area contributed by atoms with Gasteiger partial charge < -0.3 is 0 Å². The molecule has 0 fully saturated rings. The Labute approximate surface area is 191 Å². The zero-order valence-electron chi connectivity index (χ0n) is 19.4. The minimum absolute atomic E-state index is 0.200. The highest BCUT2D eigenvalue weighted by Crippen LogP contribution is 2.27. The van der Waals surface area contributed by atoms with Crippen molar-refractivity contribution in [3.8, 4) is 11.4 Å². The number of fused-ring (bicyclic) bond motifs is 1. The third-order valence-corrected chi connectivity index (χ3v) is 8.01. The van der Waals surface area contributed by atoms with Crippen molar-refractivity contribution in [3.05, 3.63) is 57.9 Å². The van der Waals surface area contributed by atoms with E-state index in [4.69, 9.17) is 4.98 Å². The predicted octanol–water partition coefficient (Wildman–Crippen LogP) is 3.43. The zero-order valence-corrected chi connectivity index (χ0v) is 21.0. The molecule has 0 saturated heterocycles. The second kappa shape index (κ2) is 8.53. The van der Waals surface area contributed by atoms with Crippen LogP contribution in [0.1, 0.15) is 44.9 Å². The molecule has 3 aromatic rings. The molecular weight excluding hydrogens is 446 g/mol. The molecule has 0 bridgehead atoms. The van der Waals surface area contributed by atoms with E-state index in [0.29, 0.717) is 22.3 Å². The molecule has 1 heterocycles. The molecule has 0 saturated carbocycles. The Balaban J connectivity index is 2.20. The van der Waals surface area contributed by atoms with E-state index in [2.05, 4.69) is 4.72 Å². The maximum atomic E-state index is 13.2. The summed E-state index contributed by atoms with van der Waals surface area (Å²) in [5, 5.41) is 0.481. The van der Waals surface area contributed by atoms with E-state index < -0.39 is 25.6 Å². The van der Waals surface area contributed by atoms with Gasteiger partial charge in [0.1, 0.15) is 5.82 Å². The molecule has 3 rings (SSSR count). The van der Waals surface area contributed by atoms with Crippen LogP contribution in [-0.4, -0.2) is 33.2 Å². The lowest BCUT2D eigenvalue weighted by molar-refractivity contribution is 0.602. The number of hydrogen-bond donors (Lipinski definition) is 1. The topological polar surface area (TPSA) is 98.1 Å². The highest BCUT2D eigenvalue weighted by Gasteiger charge is 2.24.